The fraction of sp³-hybridized carbons (Fsp3) is 0.176. The molecule has 12 heteroatoms. The molecule has 0 saturated carbocycles. The normalized spacial score (nSPS) is 16.7. The Hall–Kier alpha value is -2.63. The number of thioether (sulfide) groups is 1. The van der Waals surface area contributed by atoms with Crippen LogP contribution in [0.4, 0.5) is 5.69 Å². The van der Waals surface area contributed by atoms with Crippen LogP contribution in [0.15, 0.2) is 47.4 Å². The van der Waals surface area contributed by atoms with E-state index in [0.29, 0.717) is 5.56 Å². The lowest BCUT2D eigenvalue weighted by atomic mass is 10.1. The lowest BCUT2D eigenvalue weighted by molar-refractivity contribution is -0.385. The van der Waals surface area contributed by atoms with Gasteiger partial charge in [0.2, 0.25) is 5.91 Å². The van der Waals surface area contributed by atoms with E-state index in [1.807, 2.05) is 0 Å². The van der Waals surface area contributed by atoms with Gasteiger partial charge in [0.15, 0.2) is 9.84 Å². The summed E-state index contributed by atoms with van der Waals surface area (Å²) in [4.78, 5) is 34.2. The Bertz CT molecular complexity index is 1110. The highest BCUT2D eigenvalue weighted by Gasteiger charge is 2.36. The van der Waals surface area contributed by atoms with Crippen molar-refractivity contribution in [3.8, 4) is 0 Å². The first-order chi connectivity index (χ1) is 13.7. The molecule has 2 N–H and O–H groups in total. The average Bonchev–Trinajstić information content (AvgIpc) is 2.94. The van der Waals surface area contributed by atoms with E-state index >= 15 is 0 Å². The third-order valence-corrected chi connectivity index (χ3v) is 7.70. The summed E-state index contributed by atoms with van der Waals surface area (Å²) < 4.78 is 24.6. The van der Waals surface area contributed by atoms with Gasteiger partial charge in [-0.05, 0) is 23.8 Å². The Morgan fingerprint density at radius 1 is 1.21 bits per heavy atom. The number of hydrazine groups is 1. The van der Waals surface area contributed by atoms with Gasteiger partial charge in [0.05, 0.1) is 31.9 Å². The molecule has 0 fully saturated rings. The van der Waals surface area contributed by atoms with Crippen molar-refractivity contribution in [2.75, 3.05) is 11.5 Å². The molecule has 2 aromatic carbocycles. The molecule has 3 rings (SSSR count). The number of nitro groups is 1. The SMILES string of the molecule is O=C(CSC1CS(=O)(=O)c2cc([N+](=O)[O-])ccc21)NNC(=O)c1ccccc1Cl. The first-order valence-corrected chi connectivity index (χ1v) is 11.2. The number of sulfone groups is 1. The lowest BCUT2D eigenvalue weighted by Gasteiger charge is -2.11. The van der Waals surface area contributed by atoms with Gasteiger partial charge in [-0.25, -0.2) is 8.42 Å². The van der Waals surface area contributed by atoms with Crippen LogP contribution in [0.5, 0.6) is 0 Å². The molecule has 2 amide bonds. The van der Waals surface area contributed by atoms with Crippen LogP contribution in [0, 0.1) is 10.1 Å². The van der Waals surface area contributed by atoms with Gasteiger partial charge in [0, 0.05) is 17.4 Å². The van der Waals surface area contributed by atoms with Crippen LogP contribution in [0.2, 0.25) is 5.02 Å². The van der Waals surface area contributed by atoms with E-state index < -0.39 is 31.8 Å². The zero-order valence-corrected chi connectivity index (χ0v) is 17.0. The molecular formula is C17H14ClN3O6S2. The van der Waals surface area contributed by atoms with Crippen molar-refractivity contribution in [1.29, 1.82) is 0 Å². The number of nitro benzene ring substituents is 1. The number of benzene rings is 2. The van der Waals surface area contributed by atoms with Crippen molar-refractivity contribution in [3.05, 3.63) is 68.7 Å². The minimum atomic E-state index is -3.67. The number of non-ortho nitro benzene ring substituents is 1. The first kappa shape index (κ1) is 21.1. The maximum atomic E-state index is 12.3. The zero-order chi connectivity index (χ0) is 21.2. The maximum Gasteiger partial charge on any atom is 0.271 e. The smallest absolute Gasteiger partial charge is 0.271 e. The Morgan fingerprint density at radius 3 is 2.62 bits per heavy atom. The summed E-state index contributed by atoms with van der Waals surface area (Å²) in [6.45, 7) is 0. The highest BCUT2D eigenvalue weighted by atomic mass is 35.5. The van der Waals surface area contributed by atoms with Gasteiger partial charge < -0.3 is 0 Å². The van der Waals surface area contributed by atoms with Crippen molar-refractivity contribution >= 4 is 50.7 Å². The van der Waals surface area contributed by atoms with Gasteiger partial charge in [0.25, 0.3) is 11.6 Å². The first-order valence-electron chi connectivity index (χ1n) is 8.15. The van der Waals surface area contributed by atoms with E-state index in [4.69, 9.17) is 11.6 Å². The van der Waals surface area contributed by atoms with E-state index in [2.05, 4.69) is 10.9 Å². The Morgan fingerprint density at radius 2 is 1.93 bits per heavy atom. The molecule has 1 atom stereocenters. The fourth-order valence-corrected chi connectivity index (χ4v) is 6.40. The molecule has 0 saturated heterocycles. The summed E-state index contributed by atoms with van der Waals surface area (Å²) in [7, 11) is -3.67. The number of nitrogens with one attached hydrogen (secondary N) is 2. The molecule has 2 aromatic rings. The van der Waals surface area contributed by atoms with Gasteiger partial charge in [-0.2, -0.15) is 0 Å². The van der Waals surface area contributed by atoms with Gasteiger partial charge >= 0.3 is 0 Å². The van der Waals surface area contributed by atoms with E-state index in [1.165, 1.54) is 24.3 Å². The van der Waals surface area contributed by atoms with Crippen LogP contribution in [0.1, 0.15) is 21.2 Å². The molecule has 152 valence electrons. The summed E-state index contributed by atoms with van der Waals surface area (Å²) >= 11 is 6.97. The monoisotopic (exact) mass is 455 g/mol. The van der Waals surface area contributed by atoms with Crippen molar-refractivity contribution < 1.29 is 22.9 Å². The van der Waals surface area contributed by atoms with Crippen molar-refractivity contribution in [2.45, 2.75) is 10.1 Å². The quantitative estimate of drug-likeness (QED) is 0.521. The highest BCUT2D eigenvalue weighted by Crippen LogP contribution is 2.43. The molecule has 1 aliphatic rings. The van der Waals surface area contributed by atoms with E-state index in [0.717, 1.165) is 17.8 Å². The third-order valence-electron chi connectivity index (χ3n) is 4.11. The molecule has 1 aliphatic heterocycles. The van der Waals surface area contributed by atoms with E-state index in [1.54, 1.807) is 12.1 Å². The minimum absolute atomic E-state index is 0.0865. The summed E-state index contributed by atoms with van der Waals surface area (Å²) in [5, 5.41) is 10.6. The lowest BCUT2D eigenvalue weighted by Crippen LogP contribution is -2.42. The number of hydrogen-bond donors (Lipinski definition) is 2. The summed E-state index contributed by atoms with van der Waals surface area (Å²) in [6, 6.07) is 9.99. The third kappa shape index (κ3) is 4.69. The molecule has 0 aliphatic carbocycles. The van der Waals surface area contributed by atoms with Crippen LogP contribution >= 0.6 is 23.4 Å². The number of carbonyl (C=O) groups is 2. The van der Waals surface area contributed by atoms with E-state index in [-0.39, 0.29) is 32.7 Å². The van der Waals surface area contributed by atoms with Crippen molar-refractivity contribution in [2.24, 2.45) is 0 Å². The number of nitrogens with zero attached hydrogens (tertiary/aromatic N) is 1. The number of amides is 2. The molecule has 0 aromatic heterocycles. The van der Waals surface area contributed by atoms with Gasteiger partial charge in [-0.1, -0.05) is 23.7 Å². The minimum Gasteiger partial charge on any atom is -0.272 e. The average molecular weight is 456 g/mol. The molecule has 0 bridgehead atoms. The molecule has 1 heterocycles. The second-order valence-electron chi connectivity index (χ2n) is 6.04. The Kier molecular flexibility index (Phi) is 6.10. The Balaban J connectivity index is 1.60. The van der Waals surface area contributed by atoms with Crippen LogP contribution < -0.4 is 10.9 Å². The van der Waals surface area contributed by atoms with Gasteiger partial charge in [0.1, 0.15) is 0 Å². The van der Waals surface area contributed by atoms with Crippen molar-refractivity contribution in [3.63, 3.8) is 0 Å². The zero-order valence-electron chi connectivity index (χ0n) is 14.6. The van der Waals surface area contributed by atoms with Gasteiger partial charge in [-0.3, -0.25) is 30.6 Å². The predicted octanol–water partition coefficient (Wildman–Crippen LogP) is 2.27. The summed E-state index contributed by atoms with van der Waals surface area (Å²) in [5.74, 6) is -1.51. The molecular weight excluding hydrogens is 442 g/mol. The predicted molar refractivity (Wildman–Crippen MR) is 107 cm³/mol. The van der Waals surface area contributed by atoms with Crippen molar-refractivity contribution in [1.82, 2.24) is 10.9 Å². The number of halogens is 1. The van der Waals surface area contributed by atoms with Crippen LogP contribution in [-0.2, 0) is 14.6 Å². The number of rotatable bonds is 5. The standard InChI is InChI=1S/C17H14ClN3O6S2/c18-13-4-2-1-3-11(13)17(23)20-19-16(22)8-28-14-9-29(26,27)15-7-10(21(24)25)5-6-12(14)15/h1-7,14H,8-9H2,(H,19,22)(H,20,23). The van der Waals surface area contributed by atoms with Crippen LogP contribution in [-0.4, -0.2) is 36.7 Å². The summed E-state index contributed by atoms with van der Waals surface area (Å²) in [6.07, 6.45) is 0. The number of carbonyl (C=O) groups excluding carboxylic acids is 2. The Labute approximate surface area is 174 Å². The van der Waals surface area contributed by atoms with Gasteiger partial charge in [-0.15, -0.1) is 11.8 Å². The molecule has 1 unspecified atom stereocenters. The maximum absolute atomic E-state index is 12.3. The van der Waals surface area contributed by atoms with Crippen LogP contribution in [0.25, 0.3) is 0 Å². The number of fused-ring (bicyclic) bond motifs is 1. The molecule has 0 radical (unpaired) electrons. The molecule has 29 heavy (non-hydrogen) atoms. The molecule has 0 spiro atoms. The second-order valence-corrected chi connectivity index (χ2v) is 9.64. The highest BCUT2D eigenvalue weighted by molar-refractivity contribution is 8.02. The van der Waals surface area contributed by atoms with E-state index in [9.17, 15) is 28.1 Å². The topological polar surface area (TPSA) is 135 Å². The van der Waals surface area contributed by atoms with Crippen LogP contribution in [0.3, 0.4) is 0 Å². The second kappa shape index (κ2) is 8.39. The summed E-state index contributed by atoms with van der Waals surface area (Å²) in [5.41, 5.74) is 4.80. The fourth-order valence-electron chi connectivity index (χ4n) is 2.74. The number of hydrogen-bond acceptors (Lipinski definition) is 7. The largest absolute Gasteiger partial charge is 0.272 e. The molecule has 9 nitrogen and oxygen atoms in total.